The lowest BCUT2D eigenvalue weighted by molar-refractivity contribution is 1.11. The van der Waals surface area contributed by atoms with Gasteiger partial charge in [0.1, 0.15) is 5.65 Å². The van der Waals surface area contributed by atoms with Crippen LogP contribution in [0.1, 0.15) is 16.8 Å². The summed E-state index contributed by atoms with van der Waals surface area (Å²) in [7, 11) is 0. The Hall–Kier alpha value is -1.80. The predicted molar refractivity (Wildman–Crippen MR) is 74.2 cm³/mol. The summed E-state index contributed by atoms with van der Waals surface area (Å²) in [5.74, 6) is 0. The zero-order chi connectivity index (χ0) is 12.5. The highest BCUT2D eigenvalue weighted by atomic mass is 35.5. The Morgan fingerprint density at radius 2 is 2.06 bits per heavy atom. The van der Waals surface area contributed by atoms with Crippen LogP contribution >= 0.6 is 11.6 Å². The largest absolute Gasteiger partial charge is 0.305 e. The Bertz CT molecular complexity index is 701. The van der Waals surface area contributed by atoms with Crippen molar-refractivity contribution < 1.29 is 0 Å². The van der Waals surface area contributed by atoms with E-state index in [4.69, 9.17) is 11.6 Å². The molecular formula is C15H13ClN2. The molecule has 0 aliphatic heterocycles. The summed E-state index contributed by atoms with van der Waals surface area (Å²) < 4.78 is 1.97. The van der Waals surface area contributed by atoms with Crippen molar-refractivity contribution in [2.45, 2.75) is 13.3 Å². The van der Waals surface area contributed by atoms with Gasteiger partial charge in [0.15, 0.2) is 0 Å². The van der Waals surface area contributed by atoms with Gasteiger partial charge in [-0.15, -0.1) is 0 Å². The van der Waals surface area contributed by atoms with E-state index >= 15 is 0 Å². The van der Waals surface area contributed by atoms with Crippen molar-refractivity contribution >= 4 is 17.2 Å². The maximum absolute atomic E-state index is 5.96. The maximum Gasteiger partial charge on any atom is 0.137 e. The predicted octanol–water partition coefficient (Wildman–Crippen LogP) is 3.89. The minimum atomic E-state index is 0.724. The van der Waals surface area contributed by atoms with E-state index in [-0.39, 0.29) is 0 Å². The van der Waals surface area contributed by atoms with E-state index in [9.17, 15) is 0 Å². The van der Waals surface area contributed by atoms with Gasteiger partial charge in [-0.2, -0.15) is 0 Å². The van der Waals surface area contributed by atoms with Crippen molar-refractivity contribution in [2.24, 2.45) is 0 Å². The quantitative estimate of drug-likeness (QED) is 0.680. The Morgan fingerprint density at radius 1 is 1.17 bits per heavy atom. The first-order valence-corrected chi connectivity index (χ1v) is 6.27. The number of halogens is 1. The van der Waals surface area contributed by atoms with Gasteiger partial charge in [-0.3, -0.25) is 0 Å². The zero-order valence-corrected chi connectivity index (χ0v) is 10.9. The fourth-order valence-electron chi connectivity index (χ4n) is 2.13. The lowest BCUT2D eigenvalue weighted by Crippen LogP contribution is -1.88. The number of imidazole rings is 1. The maximum atomic E-state index is 5.96. The Labute approximate surface area is 111 Å². The van der Waals surface area contributed by atoms with Crippen LogP contribution in [-0.2, 0) is 6.42 Å². The molecule has 0 bridgehead atoms. The number of aryl methyl sites for hydroxylation is 1. The SMILES string of the molecule is Cc1cccc(Cc2cn3cc(Cl)ccc3n2)c1. The molecule has 3 heteroatoms. The van der Waals surface area contributed by atoms with E-state index in [1.165, 1.54) is 11.1 Å². The first-order valence-electron chi connectivity index (χ1n) is 5.89. The Morgan fingerprint density at radius 3 is 2.89 bits per heavy atom. The van der Waals surface area contributed by atoms with Crippen LogP contribution in [0.2, 0.25) is 5.02 Å². The highest BCUT2D eigenvalue weighted by molar-refractivity contribution is 6.30. The summed E-state index contributed by atoms with van der Waals surface area (Å²) in [6.45, 7) is 2.10. The second kappa shape index (κ2) is 4.46. The molecule has 90 valence electrons. The van der Waals surface area contributed by atoms with Gasteiger partial charge in [0.2, 0.25) is 0 Å². The molecule has 0 atom stereocenters. The fourth-order valence-corrected chi connectivity index (χ4v) is 2.30. The molecule has 0 aliphatic carbocycles. The fraction of sp³-hybridized carbons (Fsp3) is 0.133. The number of fused-ring (bicyclic) bond motifs is 1. The number of hydrogen-bond donors (Lipinski definition) is 0. The second-order valence-electron chi connectivity index (χ2n) is 4.51. The van der Waals surface area contributed by atoms with Gasteiger partial charge in [-0.1, -0.05) is 41.4 Å². The highest BCUT2D eigenvalue weighted by Crippen LogP contribution is 2.14. The van der Waals surface area contributed by atoms with Crippen LogP contribution in [-0.4, -0.2) is 9.38 Å². The first-order chi connectivity index (χ1) is 8.70. The number of hydrogen-bond acceptors (Lipinski definition) is 1. The molecule has 0 saturated carbocycles. The summed E-state index contributed by atoms with van der Waals surface area (Å²) in [6.07, 6.45) is 4.76. The third kappa shape index (κ3) is 2.24. The molecule has 0 fully saturated rings. The lowest BCUT2D eigenvalue weighted by Gasteiger charge is -1.99. The topological polar surface area (TPSA) is 17.3 Å². The van der Waals surface area contributed by atoms with Gasteiger partial charge in [-0.25, -0.2) is 4.98 Å². The molecule has 0 saturated heterocycles. The molecule has 2 heterocycles. The average molecular weight is 257 g/mol. The number of nitrogens with zero attached hydrogens (tertiary/aromatic N) is 2. The van der Waals surface area contributed by atoms with Crippen molar-refractivity contribution in [1.82, 2.24) is 9.38 Å². The van der Waals surface area contributed by atoms with Crippen LogP contribution in [0.25, 0.3) is 5.65 Å². The van der Waals surface area contributed by atoms with Crippen molar-refractivity contribution in [3.8, 4) is 0 Å². The van der Waals surface area contributed by atoms with Crippen LogP contribution in [0.5, 0.6) is 0 Å². The summed E-state index contributed by atoms with van der Waals surface area (Å²) >= 11 is 5.96. The molecule has 0 unspecified atom stereocenters. The molecule has 0 radical (unpaired) electrons. The molecule has 0 amide bonds. The van der Waals surface area contributed by atoms with Crippen molar-refractivity contribution in [2.75, 3.05) is 0 Å². The molecule has 0 N–H and O–H groups in total. The molecule has 0 aliphatic rings. The summed E-state index contributed by atoms with van der Waals surface area (Å²) in [6, 6.07) is 12.3. The van der Waals surface area contributed by atoms with Crippen LogP contribution in [0.15, 0.2) is 48.8 Å². The monoisotopic (exact) mass is 256 g/mol. The van der Waals surface area contributed by atoms with Crippen LogP contribution in [0.4, 0.5) is 0 Å². The van der Waals surface area contributed by atoms with Crippen molar-refractivity contribution in [1.29, 1.82) is 0 Å². The number of rotatable bonds is 2. The minimum Gasteiger partial charge on any atom is -0.305 e. The van der Waals surface area contributed by atoms with Gasteiger partial charge < -0.3 is 4.40 Å². The smallest absolute Gasteiger partial charge is 0.137 e. The van der Waals surface area contributed by atoms with Gasteiger partial charge in [0.25, 0.3) is 0 Å². The Balaban J connectivity index is 1.95. The molecule has 2 nitrogen and oxygen atoms in total. The van der Waals surface area contributed by atoms with E-state index in [1.54, 1.807) is 0 Å². The van der Waals surface area contributed by atoms with Gasteiger partial charge in [0.05, 0.1) is 10.7 Å². The molecule has 0 spiro atoms. The van der Waals surface area contributed by atoms with Crippen LogP contribution < -0.4 is 0 Å². The van der Waals surface area contributed by atoms with Gasteiger partial charge in [0, 0.05) is 18.8 Å². The standard InChI is InChI=1S/C15H13ClN2/c1-11-3-2-4-12(7-11)8-14-10-18-9-13(16)5-6-15(18)17-14/h2-7,9-10H,8H2,1H3. The molecular weight excluding hydrogens is 244 g/mol. The lowest BCUT2D eigenvalue weighted by atomic mass is 10.1. The van der Waals surface area contributed by atoms with E-state index < -0.39 is 0 Å². The van der Waals surface area contributed by atoms with Gasteiger partial charge in [-0.05, 0) is 24.6 Å². The summed E-state index contributed by atoms with van der Waals surface area (Å²) in [4.78, 5) is 4.58. The molecule has 2 aromatic heterocycles. The zero-order valence-electron chi connectivity index (χ0n) is 10.1. The van der Waals surface area contributed by atoms with E-state index in [2.05, 4.69) is 36.2 Å². The normalized spacial score (nSPS) is 11.0. The van der Waals surface area contributed by atoms with Crippen LogP contribution in [0, 0.1) is 6.92 Å². The van der Waals surface area contributed by atoms with Crippen molar-refractivity contribution in [3.63, 3.8) is 0 Å². The van der Waals surface area contributed by atoms with E-state index in [0.29, 0.717) is 0 Å². The van der Waals surface area contributed by atoms with E-state index in [1.807, 2.05) is 28.9 Å². The van der Waals surface area contributed by atoms with E-state index in [0.717, 1.165) is 22.8 Å². The molecule has 18 heavy (non-hydrogen) atoms. The molecule has 3 aromatic rings. The van der Waals surface area contributed by atoms with Gasteiger partial charge >= 0.3 is 0 Å². The first kappa shape index (κ1) is 11.3. The summed E-state index contributed by atoms with van der Waals surface area (Å²) in [5.41, 5.74) is 4.55. The third-order valence-corrected chi connectivity index (χ3v) is 3.16. The second-order valence-corrected chi connectivity index (χ2v) is 4.95. The van der Waals surface area contributed by atoms with Crippen molar-refractivity contribution in [3.05, 3.63) is 70.6 Å². The molecule has 1 aromatic carbocycles. The number of aromatic nitrogens is 2. The number of pyridine rings is 1. The highest BCUT2D eigenvalue weighted by Gasteiger charge is 2.03. The average Bonchev–Trinajstić information content (AvgIpc) is 2.70. The summed E-state index contributed by atoms with van der Waals surface area (Å²) in [5, 5.41) is 0.724. The third-order valence-electron chi connectivity index (χ3n) is 2.93. The Kier molecular flexibility index (Phi) is 2.80. The number of benzene rings is 1. The minimum absolute atomic E-state index is 0.724. The van der Waals surface area contributed by atoms with Crippen LogP contribution in [0.3, 0.4) is 0 Å². The molecule has 3 rings (SSSR count).